The Hall–Kier alpha value is -2.97. The van der Waals surface area contributed by atoms with E-state index in [1.54, 1.807) is 12.1 Å². The molecule has 0 unspecified atom stereocenters. The molecule has 2 aromatic heterocycles. The quantitative estimate of drug-likeness (QED) is 0.569. The number of imidazole rings is 1. The molecular weight excluding hydrogens is 382 g/mol. The van der Waals surface area contributed by atoms with Crippen molar-refractivity contribution < 1.29 is 13.2 Å². The number of thiazole rings is 1. The maximum atomic E-state index is 12.8. The summed E-state index contributed by atoms with van der Waals surface area (Å²) in [4.78, 5) is 18.3. The number of hydrogen-bond donors (Lipinski definition) is 1. The minimum atomic E-state index is -3.39. The number of carbonyl (C=O) groups excluding carboxylic acids is 1. The van der Waals surface area contributed by atoms with Crippen LogP contribution >= 0.6 is 11.3 Å². The van der Waals surface area contributed by atoms with Gasteiger partial charge >= 0.3 is 0 Å². The predicted molar refractivity (Wildman–Crippen MR) is 106 cm³/mol. The standard InChI is InChI=1S/C19H15N3O3S2/c1-27(24,25)15-9-5-8-14(12-15)18(23)21-17-16(13-6-3-2-4-7-13)20-19-22(17)10-11-26-19/h2-12H,1H3,(H,21,23). The Morgan fingerprint density at radius 3 is 2.63 bits per heavy atom. The second-order valence-corrected chi connectivity index (χ2v) is 8.87. The molecule has 0 bridgehead atoms. The van der Waals surface area contributed by atoms with E-state index in [0.717, 1.165) is 16.8 Å². The monoisotopic (exact) mass is 397 g/mol. The summed E-state index contributed by atoms with van der Waals surface area (Å²) in [5.41, 5.74) is 1.81. The maximum absolute atomic E-state index is 12.8. The molecule has 0 radical (unpaired) electrons. The van der Waals surface area contributed by atoms with E-state index in [4.69, 9.17) is 0 Å². The normalized spacial score (nSPS) is 11.6. The van der Waals surface area contributed by atoms with Gasteiger partial charge in [-0.2, -0.15) is 0 Å². The number of nitrogens with zero attached hydrogens (tertiary/aromatic N) is 2. The van der Waals surface area contributed by atoms with Crippen LogP contribution in [0.3, 0.4) is 0 Å². The highest BCUT2D eigenvalue weighted by Crippen LogP contribution is 2.31. The van der Waals surface area contributed by atoms with Crippen LogP contribution in [-0.4, -0.2) is 30.0 Å². The van der Waals surface area contributed by atoms with E-state index in [9.17, 15) is 13.2 Å². The molecule has 0 aliphatic carbocycles. The molecule has 8 heteroatoms. The van der Waals surface area contributed by atoms with Crippen LogP contribution in [0.4, 0.5) is 5.82 Å². The van der Waals surface area contributed by atoms with E-state index >= 15 is 0 Å². The number of hydrogen-bond acceptors (Lipinski definition) is 5. The SMILES string of the molecule is CS(=O)(=O)c1cccc(C(=O)Nc2c(-c3ccccc3)nc3sccn23)c1. The molecule has 1 N–H and O–H groups in total. The second kappa shape index (κ2) is 6.64. The van der Waals surface area contributed by atoms with E-state index in [1.807, 2.05) is 46.3 Å². The summed E-state index contributed by atoms with van der Waals surface area (Å²) in [6.07, 6.45) is 2.95. The Labute approximate surface area is 160 Å². The Kier molecular flexibility index (Phi) is 4.29. The Bertz CT molecular complexity index is 1240. The van der Waals surface area contributed by atoms with Gasteiger partial charge in [-0.15, -0.1) is 11.3 Å². The zero-order valence-corrected chi connectivity index (χ0v) is 15.9. The molecule has 4 aromatic rings. The number of carbonyl (C=O) groups is 1. The van der Waals surface area contributed by atoms with Crippen LogP contribution in [0.15, 0.2) is 71.1 Å². The van der Waals surface area contributed by atoms with Crippen molar-refractivity contribution in [3.63, 3.8) is 0 Å². The van der Waals surface area contributed by atoms with Crippen molar-refractivity contribution in [1.82, 2.24) is 9.38 Å². The highest BCUT2D eigenvalue weighted by Gasteiger charge is 2.19. The number of rotatable bonds is 4. The zero-order valence-electron chi connectivity index (χ0n) is 14.3. The van der Waals surface area contributed by atoms with Crippen molar-refractivity contribution in [3.05, 3.63) is 71.7 Å². The molecule has 0 fully saturated rings. The number of fused-ring (bicyclic) bond motifs is 1. The lowest BCUT2D eigenvalue weighted by Crippen LogP contribution is -2.14. The van der Waals surface area contributed by atoms with Gasteiger partial charge in [-0.1, -0.05) is 36.4 Å². The maximum Gasteiger partial charge on any atom is 0.256 e. The number of nitrogens with one attached hydrogen (secondary N) is 1. The lowest BCUT2D eigenvalue weighted by molar-refractivity contribution is 0.102. The number of sulfone groups is 1. The highest BCUT2D eigenvalue weighted by molar-refractivity contribution is 7.90. The Morgan fingerprint density at radius 2 is 1.89 bits per heavy atom. The van der Waals surface area contributed by atoms with Crippen LogP contribution in [0.2, 0.25) is 0 Å². The lowest BCUT2D eigenvalue weighted by Gasteiger charge is -2.08. The van der Waals surface area contributed by atoms with Gasteiger partial charge in [-0.05, 0) is 18.2 Å². The average Bonchev–Trinajstić information content (AvgIpc) is 3.24. The van der Waals surface area contributed by atoms with E-state index < -0.39 is 15.7 Å². The van der Waals surface area contributed by atoms with Crippen molar-refractivity contribution in [2.75, 3.05) is 11.6 Å². The number of aromatic nitrogens is 2. The van der Waals surface area contributed by atoms with Gasteiger partial charge in [0.05, 0.1) is 4.90 Å². The summed E-state index contributed by atoms with van der Waals surface area (Å²) in [6.45, 7) is 0. The first-order chi connectivity index (χ1) is 12.9. The minimum Gasteiger partial charge on any atom is -0.306 e. The second-order valence-electron chi connectivity index (χ2n) is 5.98. The third kappa shape index (κ3) is 3.36. The van der Waals surface area contributed by atoms with Crippen LogP contribution in [0.1, 0.15) is 10.4 Å². The van der Waals surface area contributed by atoms with Gasteiger partial charge in [-0.25, -0.2) is 13.4 Å². The molecule has 27 heavy (non-hydrogen) atoms. The third-order valence-electron chi connectivity index (χ3n) is 4.07. The van der Waals surface area contributed by atoms with Crippen LogP contribution < -0.4 is 5.32 Å². The van der Waals surface area contributed by atoms with E-state index in [0.29, 0.717) is 11.5 Å². The molecule has 0 atom stereocenters. The van der Waals surface area contributed by atoms with Gasteiger partial charge in [0, 0.05) is 29.0 Å². The minimum absolute atomic E-state index is 0.104. The summed E-state index contributed by atoms with van der Waals surface area (Å²) in [5, 5.41) is 4.77. The fourth-order valence-electron chi connectivity index (χ4n) is 2.75. The van der Waals surface area contributed by atoms with Gasteiger partial charge in [-0.3, -0.25) is 9.20 Å². The molecule has 1 amide bonds. The zero-order chi connectivity index (χ0) is 19.0. The number of anilines is 1. The summed E-state index contributed by atoms with van der Waals surface area (Å²) >= 11 is 1.47. The molecule has 0 saturated carbocycles. The Morgan fingerprint density at radius 1 is 1.11 bits per heavy atom. The molecule has 4 rings (SSSR count). The molecule has 136 valence electrons. The van der Waals surface area contributed by atoms with Crippen molar-refractivity contribution in [3.8, 4) is 11.3 Å². The van der Waals surface area contributed by atoms with Crippen molar-refractivity contribution in [2.45, 2.75) is 4.90 Å². The largest absolute Gasteiger partial charge is 0.306 e. The molecule has 0 aliphatic heterocycles. The van der Waals surface area contributed by atoms with Crippen LogP contribution in [0.5, 0.6) is 0 Å². The summed E-state index contributed by atoms with van der Waals surface area (Å²) < 4.78 is 25.3. The van der Waals surface area contributed by atoms with Crippen molar-refractivity contribution in [1.29, 1.82) is 0 Å². The van der Waals surface area contributed by atoms with Gasteiger partial charge < -0.3 is 5.32 Å². The highest BCUT2D eigenvalue weighted by atomic mass is 32.2. The first kappa shape index (κ1) is 17.4. The topological polar surface area (TPSA) is 80.5 Å². The lowest BCUT2D eigenvalue weighted by atomic mass is 10.1. The van der Waals surface area contributed by atoms with Crippen LogP contribution in [-0.2, 0) is 9.84 Å². The molecule has 6 nitrogen and oxygen atoms in total. The number of benzene rings is 2. The summed E-state index contributed by atoms with van der Waals surface area (Å²) in [5.74, 6) is 0.151. The van der Waals surface area contributed by atoms with Crippen LogP contribution in [0.25, 0.3) is 16.2 Å². The fourth-order valence-corrected chi connectivity index (χ4v) is 4.13. The average molecular weight is 397 g/mol. The fraction of sp³-hybridized carbons (Fsp3) is 0.0526. The molecule has 0 aliphatic rings. The van der Waals surface area contributed by atoms with Gasteiger partial charge in [0.15, 0.2) is 14.8 Å². The first-order valence-corrected chi connectivity index (χ1v) is 10.8. The van der Waals surface area contributed by atoms with Gasteiger partial charge in [0.2, 0.25) is 0 Å². The predicted octanol–water partition coefficient (Wildman–Crippen LogP) is 3.72. The van der Waals surface area contributed by atoms with Crippen LogP contribution in [0, 0.1) is 0 Å². The van der Waals surface area contributed by atoms with Gasteiger partial charge in [0.25, 0.3) is 5.91 Å². The van der Waals surface area contributed by atoms with Crippen molar-refractivity contribution >= 4 is 37.9 Å². The summed E-state index contributed by atoms with van der Waals surface area (Å²) in [6, 6.07) is 15.6. The third-order valence-corrected chi connectivity index (χ3v) is 5.93. The van der Waals surface area contributed by atoms with Crippen molar-refractivity contribution in [2.24, 2.45) is 0 Å². The molecule has 0 spiro atoms. The van der Waals surface area contributed by atoms with Gasteiger partial charge in [0.1, 0.15) is 11.5 Å². The van der Waals surface area contributed by atoms with E-state index in [2.05, 4.69) is 10.3 Å². The smallest absolute Gasteiger partial charge is 0.256 e. The van der Waals surface area contributed by atoms with E-state index in [-0.39, 0.29) is 10.5 Å². The van der Waals surface area contributed by atoms with E-state index in [1.165, 1.54) is 23.5 Å². The molecule has 0 saturated heterocycles. The molecule has 2 heterocycles. The number of amides is 1. The summed E-state index contributed by atoms with van der Waals surface area (Å²) in [7, 11) is -3.39. The Balaban J connectivity index is 1.76. The molecular formula is C19H15N3O3S2. The molecule has 2 aromatic carbocycles. The first-order valence-electron chi connectivity index (χ1n) is 8.06.